The molecule has 28 heavy (non-hydrogen) atoms. The van der Waals surface area contributed by atoms with E-state index in [1.807, 2.05) is 12.1 Å². The molecule has 0 aromatic heterocycles. The van der Waals surface area contributed by atoms with Gasteiger partial charge in [-0.15, -0.1) is 0 Å². The molecule has 152 valence electrons. The zero-order valence-electron chi connectivity index (χ0n) is 16.9. The van der Waals surface area contributed by atoms with Gasteiger partial charge in [0.2, 0.25) is 0 Å². The highest BCUT2D eigenvalue weighted by atomic mass is 16.4. The zero-order chi connectivity index (χ0) is 20.2. The van der Waals surface area contributed by atoms with Gasteiger partial charge in [-0.05, 0) is 67.4 Å². The second kappa shape index (κ2) is 11.5. The third kappa shape index (κ3) is 7.35. The summed E-state index contributed by atoms with van der Waals surface area (Å²) in [6.45, 7) is 3.16. The lowest BCUT2D eigenvalue weighted by atomic mass is 9.67. The van der Waals surface area contributed by atoms with Crippen LogP contribution in [0, 0.1) is 0 Å². The number of phenolic OH excluding ortho intramolecular Hbond substituents is 1. The molecule has 2 aromatic carbocycles. The smallest absolute Gasteiger partial charge is 0.300 e. The van der Waals surface area contributed by atoms with E-state index in [1.165, 1.54) is 43.2 Å². The van der Waals surface area contributed by atoms with Crippen molar-refractivity contribution < 1.29 is 15.0 Å². The number of aliphatic carboxylic acids is 1. The Balaban J connectivity index is 0.000000640. The maximum absolute atomic E-state index is 9.88. The second-order valence-electron chi connectivity index (χ2n) is 7.65. The van der Waals surface area contributed by atoms with Crippen LogP contribution in [0.25, 0.3) is 0 Å². The van der Waals surface area contributed by atoms with Crippen LogP contribution in [0.1, 0.15) is 56.6 Å². The number of carboxylic acids is 1. The number of hydrogen-bond acceptors (Lipinski definition) is 3. The Kier molecular flexibility index (Phi) is 9.02. The average Bonchev–Trinajstić information content (AvgIpc) is 2.69. The van der Waals surface area contributed by atoms with Crippen molar-refractivity contribution >= 4 is 5.97 Å². The molecule has 3 rings (SSSR count). The van der Waals surface area contributed by atoms with E-state index >= 15 is 0 Å². The third-order valence-electron chi connectivity index (χ3n) is 5.48. The van der Waals surface area contributed by atoms with Crippen LogP contribution in [-0.4, -0.2) is 29.3 Å². The summed E-state index contributed by atoms with van der Waals surface area (Å²) in [7, 11) is 0. The Labute approximate surface area is 168 Å². The maximum Gasteiger partial charge on any atom is 0.300 e. The normalized spacial score (nSPS) is 15.3. The minimum atomic E-state index is -0.833. The summed E-state index contributed by atoms with van der Waals surface area (Å²) in [5, 5.41) is 20.9. The molecule has 0 heterocycles. The van der Waals surface area contributed by atoms with Crippen molar-refractivity contribution in [2.45, 2.75) is 57.3 Å². The van der Waals surface area contributed by atoms with E-state index in [2.05, 4.69) is 41.7 Å². The van der Waals surface area contributed by atoms with E-state index in [-0.39, 0.29) is 5.41 Å². The van der Waals surface area contributed by atoms with E-state index in [1.54, 1.807) is 6.07 Å². The first-order chi connectivity index (χ1) is 13.5. The fraction of sp³-hybridized carbons (Fsp3) is 0.458. The van der Waals surface area contributed by atoms with Gasteiger partial charge in [0, 0.05) is 6.92 Å². The van der Waals surface area contributed by atoms with Gasteiger partial charge in [0.25, 0.3) is 5.97 Å². The van der Waals surface area contributed by atoms with E-state index < -0.39 is 5.97 Å². The van der Waals surface area contributed by atoms with Gasteiger partial charge in [0.1, 0.15) is 5.75 Å². The highest BCUT2D eigenvalue weighted by molar-refractivity contribution is 5.62. The van der Waals surface area contributed by atoms with Crippen LogP contribution >= 0.6 is 0 Å². The number of aromatic hydroxyl groups is 1. The average molecular weight is 384 g/mol. The van der Waals surface area contributed by atoms with Gasteiger partial charge in [-0.25, -0.2) is 0 Å². The summed E-state index contributed by atoms with van der Waals surface area (Å²) in [4.78, 5) is 9.00. The number of rotatable bonds is 7. The zero-order valence-corrected chi connectivity index (χ0v) is 16.9. The molecule has 0 bridgehead atoms. The highest BCUT2D eigenvalue weighted by Gasteiger charge is 2.33. The van der Waals surface area contributed by atoms with Crippen molar-refractivity contribution in [1.29, 1.82) is 0 Å². The van der Waals surface area contributed by atoms with Gasteiger partial charge >= 0.3 is 0 Å². The van der Waals surface area contributed by atoms with Crippen LogP contribution in [-0.2, 0) is 16.6 Å². The van der Waals surface area contributed by atoms with Crippen LogP contribution < -0.4 is 5.32 Å². The van der Waals surface area contributed by atoms with E-state index in [4.69, 9.17) is 9.90 Å². The Bertz CT molecular complexity index is 705. The van der Waals surface area contributed by atoms with Crippen molar-refractivity contribution in [1.82, 2.24) is 5.32 Å². The number of benzene rings is 2. The van der Waals surface area contributed by atoms with Gasteiger partial charge in [0.05, 0.1) is 0 Å². The third-order valence-corrected chi connectivity index (χ3v) is 5.48. The fourth-order valence-electron chi connectivity index (χ4n) is 4.08. The lowest BCUT2D eigenvalue weighted by Gasteiger charge is -2.38. The van der Waals surface area contributed by atoms with Crippen LogP contribution in [0.3, 0.4) is 0 Å². The summed E-state index contributed by atoms with van der Waals surface area (Å²) >= 11 is 0. The minimum Gasteiger partial charge on any atom is -0.508 e. The number of carbonyl (C=O) groups is 1. The number of phenols is 1. The molecule has 1 aliphatic carbocycles. The Morgan fingerprint density at radius 1 is 1.00 bits per heavy atom. The van der Waals surface area contributed by atoms with E-state index in [9.17, 15) is 5.11 Å². The SMILES string of the molecule is CC(=O)O.Oc1cccc(C2(CCNCCc3ccccc3)CCCCC2)c1. The Morgan fingerprint density at radius 2 is 1.68 bits per heavy atom. The van der Waals surface area contributed by atoms with Crippen LogP contribution in [0.5, 0.6) is 5.75 Å². The molecule has 1 fully saturated rings. The first-order valence-electron chi connectivity index (χ1n) is 10.3. The summed E-state index contributed by atoms with van der Waals surface area (Å²) in [6, 6.07) is 18.6. The summed E-state index contributed by atoms with van der Waals surface area (Å²) < 4.78 is 0. The van der Waals surface area contributed by atoms with Gasteiger partial charge in [-0.3, -0.25) is 4.79 Å². The predicted molar refractivity (Wildman–Crippen MR) is 114 cm³/mol. The molecule has 0 spiro atoms. The van der Waals surface area contributed by atoms with Gasteiger partial charge in [-0.1, -0.05) is 61.7 Å². The monoisotopic (exact) mass is 383 g/mol. The lowest BCUT2D eigenvalue weighted by Crippen LogP contribution is -2.33. The molecule has 1 saturated carbocycles. The molecule has 0 amide bonds. The van der Waals surface area contributed by atoms with Crippen LogP contribution in [0.2, 0.25) is 0 Å². The van der Waals surface area contributed by atoms with Crippen molar-refractivity contribution in [2.75, 3.05) is 13.1 Å². The molecule has 4 heteroatoms. The maximum atomic E-state index is 9.88. The Hall–Kier alpha value is -2.33. The van der Waals surface area contributed by atoms with Gasteiger partial charge in [0.15, 0.2) is 0 Å². The largest absolute Gasteiger partial charge is 0.508 e. The van der Waals surface area contributed by atoms with Crippen molar-refractivity contribution in [3.05, 3.63) is 65.7 Å². The molecule has 0 atom stereocenters. The van der Waals surface area contributed by atoms with Gasteiger partial charge < -0.3 is 15.5 Å². The minimum absolute atomic E-state index is 0.247. The fourth-order valence-corrected chi connectivity index (χ4v) is 4.08. The molecular formula is C24H33NO3. The molecule has 4 nitrogen and oxygen atoms in total. The molecular weight excluding hydrogens is 350 g/mol. The summed E-state index contributed by atoms with van der Waals surface area (Å²) in [5.41, 5.74) is 2.97. The molecule has 0 unspecified atom stereocenters. The standard InChI is InChI=1S/C22H29NO.C2H4O2/c24-21-11-7-10-20(18-21)22(13-5-2-6-14-22)15-17-23-16-12-19-8-3-1-4-9-19;1-2(3)4/h1,3-4,7-11,18,23-24H,2,5-6,12-17H2;1H3,(H,3,4). The van der Waals surface area contributed by atoms with Crippen molar-refractivity contribution in [3.63, 3.8) is 0 Å². The lowest BCUT2D eigenvalue weighted by molar-refractivity contribution is -0.134. The van der Waals surface area contributed by atoms with Crippen LogP contribution in [0.15, 0.2) is 54.6 Å². The first kappa shape index (κ1) is 22.0. The number of carboxylic acid groups (broad SMARTS) is 1. The van der Waals surface area contributed by atoms with E-state index in [0.717, 1.165) is 32.9 Å². The summed E-state index contributed by atoms with van der Waals surface area (Å²) in [5.74, 6) is -0.436. The highest BCUT2D eigenvalue weighted by Crippen LogP contribution is 2.42. The van der Waals surface area contributed by atoms with Crippen LogP contribution in [0.4, 0.5) is 0 Å². The Morgan fingerprint density at radius 3 is 2.32 bits per heavy atom. The number of nitrogens with one attached hydrogen (secondary N) is 1. The molecule has 1 aliphatic rings. The first-order valence-corrected chi connectivity index (χ1v) is 10.3. The quantitative estimate of drug-likeness (QED) is 0.594. The molecule has 2 aromatic rings. The van der Waals surface area contributed by atoms with Gasteiger partial charge in [-0.2, -0.15) is 0 Å². The molecule has 3 N–H and O–H groups in total. The molecule has 0 saturated heterocycles. The summed E-state index contributed by atoms with van der Waals surface area (Å²) in [6.07, 6.45) is 8.69. The molecule has 0 radical (unpaired) electrons. The predicted octanol–water partition coefficient (Wildman–Crippen LogP) is 4.91. The van der Waals surface area contributed by atoms with E-state index in [0.29, 0.717) is 5.75 Å². The van der Waals surface area contributed by atoms with Crippen molar-refractivity contribution in [2.24, 2.45) is 0 Å². The second-order valence-corrected chi connectivity index (χ2v) is 7.65. The number of hydrogen-bond donors (Lipinski definition) is 3. The molecule has 0 aliphatic heterocycles. The topological polar surface area (TPSA) is 69.6 Å². The van der Waals surface area contributed by atoms with Crippen molar-refractivity contribution in [3.8, 4) is 5.75 Å².